The third-order valence-electron chi connectivity index (χ3n) is 3.59. The number of hydrogen-bond donors (Lipinski definition) is 1. The van der Waals surface area contributed by atoms with E-state index in [0.717, 1.165) is 0 Å². The summed E-state index contributed by atoms with van der Waals surface area (Å²) in [4.78, 5) is 24.7. The highest BCUT2D eigenvalue weighted by molar-refractivity contribution is 5.79. The number of aryl methyl sites for hydroxylation is 1. The van der Waals surface area contributed by atoms with Crippen molar-refractivity contribution in [1.82, 2.24) is 10.2 Å². The van der Waals surface area contributed by atoms with Crippen LogP contribution >= 0.6 is 0 Å². The molecule has 0 radical (unpaired) electrons. The smallest absolute Gasteiger partial charge is 0.222 e. The number of carbonyl (C=O) groups is 2. The van der Waals surface area contributed by atoms with E-state index in [9.17, 15) is 14.0 Å². The van der Waals surface area contributed by atoms with Gasteiger partial charge in [-0.3, -0.25) is 9.59 Å². The van der Waals surface area contributed by atoms with E-state index in [1.807, 2.05) is 0 Å². The molecule has 0 bridgehead atoms. The lowest BCUT2D eigenvalue weighted by atomic mass is 10.1. The van der Waals surface area contributed by atoms with Crippen LogP contribution in [-0.4, -0.2) is 36.9 Å². The van der Waals surface area contributed by atoms with Gasteiger partial charge in [0.1, 0.15) is 5.82 Å². The molecule has 1 N–H and O–H groups in total. The average Bonchev–Trinajstić information content (AvgIpc) is 2.75. The zero-order chi connectivity index (χ0) is 14.5. The van der Waals surface area contributed by atoms with Gasteiger partial charge in [0, 0.05) is 38.9 Å². The highest BCUT2D eigenvalue weighted by atomic mass is 19.1. The summed E-state index contributed by atoms with van der Waals surface area (Å²) in [6, 6.07) is 6.48. The first kappa shape index (κ1) is 14.5. The summed E-state index contributed by atoms with van der Waals surface area (Å²) in [5.41, 5.74) is 0.554. The molecule has 1 aromatic carbocycles. The molecule has 1 saturated heterocycles. The normalized spacial score (nSPS) is 18.4. The van der Waals surface area contributed by atoms with Crippen molar-refractivity contribution in [3.63, 3.8) is 0 Å². The predicted octanol–water partition coefficient (Wildman–Crippen LogP) is 1.35. The second-order valence-electron chi connectivity index (χ2n) is 5.24. The Kier molecular flexibility index (Phi) is 4.71. The SMILES string of the molecule is CN1CC(CNC(=O)CCc2ccccc2F)CC1=O. The van der Waals surface area contributed by atoms with Gasteiger partial charge in [-0.2, -0.15) is 0 Å². The molecular formula is C15H19FN2O2. The van der Waals surface area contributed by atoms with Gasteiger partial charge in [-0.1, -0.05) is 18.2 Å². The number of amides is 2. The number of nitrogens with zero attached hydrogens (tertiary/aromatic N) is 1. The van der Waals surface area contributed by atoms with Crippen LogP contribution in [0.1, 0.15) is 18.4 Å². The Labute approximate surface area is 118 Å². The minimum atomic E-state index is -0.275. The molecule has 1 unspecified atom stereocenters. The van der Waals surface area contributed by atoms with Gasteiger partial charge in [-0.05, 0) is 18.1 Å². The van der Waals surface area contributed by atoms with E-state index in [2.05, 4.69) is 5.32 Å². The number of nitrogens with one attached hydrogen (secondary N) is 1. The number of rotatable bonds is 5. The van der Waals surface area contributed by atoms with Gasteiger partial charge >= 0.3 is 0 Å². The Morgan fingerprint density at radius 2 is 2.20 bits per heavy atom. The minimum absolute atomic E-state index is 0.102. The lowest BCUT2D eigenvalue weighted by molar-refractivity contribution is -0.126. The summed E-state index contributed by atoms with van der Waals surface area (Å²) in [6.45, 7) is 1.19. The molecule has 1 heterocycles. The highest BCUT2D eigenvalue weighted by Crippen LogP contribution is 2.15. The topological polar surface area (TPSA) is 49.4 Å². The van der Waals surface area contributed by atoms with E-state index in [4.69, 9.17) is 0 Å². The third-order valence-corrected chi connectivity index (χ3v) is 3.59. The second kappa shape index (κ2) is 6.50. The first-order valence-corrected chi connectivity index (χ1v) is 6.80. The quantitative estimate of drug-likeness (QED) is 0.884. The van der Waals surface area contributed by atoms with Crippen molar-refractivity contribution < 1.29 is 14.0 Å². The fraction of sp³-hybridized carbons (Fsp3) is 0.467. The molecule has 5 heteroatoms. The Hall–Kier alpha value is -1.91. The van der Waals surface area contributed by atoms with E-state index in [1.165, 1.54) is 6.07 Å². The number of carbonyl (C=O) groups excluding carboxylic acids is 2. The van der Waals surface area contributed by atoms with Crippen LogP contribution in [0.4, 0.5) is 4.39 Å². The highest BCUT2D eigenvalue weighted by Gasteiger charge is 2.26. The summed E-state index contributed by atoms with van der Waals surface area (Å²) >= 11 is 0. The maximum Gasteiger partial charge on any atom is 0.222 e. The molecular weight excluding hydrogens is 259 g/mol. The predicted molar refractivity (Wildman–Crippen MR) is 73.5 cm³/mol. The van der Waals surface area contributed by atoms with Crippen LogP contribution in [0, 0.1) is 11.7 Å². The zero-order valence-corrected chi connectivity index (χ0v) is 11.6. The van der Waals surface area contributed by atoms with Gasteiger partial charge in [0.2, 0.25) is 11.8 Å². The van der Waals surface area contributed by atoms with Gasteiger partial charge in [-0.15, -0.1) is 0 Å². The van der Waals surface area contributed by atoms with Gasteiger partial charge in [0.25, 0.3) is 0 Å². The Bertz CT molecular complexity index is 504. The molecule has 20 heavy (non-hydrogen) atoms. The van der Waals surface area contributed by atoms with Crippen molar-refractivity contribution in [3.05, 3.63) is 35.6 Å². The lowest BCUT2D eigenvalue weighted by Crippen LogP contribution is -2.30. The molecule has 0 aliphatic carbocycles. The van der Waals surface area contributed by atoms with Crippen LogP contribution in [0.3, 0.4) is 0 Å². The molecule has 1 atom stereocenters. The minimum Gasteiger partial charge on any atom is -0.356 e. The fourth-order valence-electron chi connectivity index (χ4n) is 2.39. The standard InChI is InChI=1S/C15H19FN2O2/c1-18-10-11(8-15(18)20)9-17-14(19)7-6-12-4-2-3-5-13(12)16/h2-5,11H,6-10H2,1H3,(H,17,19). The van der Waals surface area contributed by atoms with Crippen LogP contribution in [0.2, 0.25) is 0 Å². The average molecular weight is 278 g/mol. The van der Waals surface area contributed by atoms with Crippen molar-refractivity contribution in [2.24, 2.45) is 5.92 Å². The van der Waals surface area contributed by atoms with Gasteiger partial charge in [-0.25, -0.2) is 4.39 Å². The zero-order valence-electron chi connectivity index (χ0n) is 11.6. The van der Waals surface area contributed by atoms with Gasteiger partial charge < -0.3 is 10.2 Å². The summed E-state index contributed by atoms with van der Waals surface area (Å²) in [6.07, 6.45) is 1.14. The summed E-state index contributed by atoms with van der Waals surface area (Å²) in [5, 5.41) is 2.82. The lowest BCUT2D eigenvalue weighted by Gasteiger charge is -2.11. The van der Waals surface area contributed by atoms with Gasteiger partial charge in [0.05, 0.1) is 0 Å². The van der Waals surface area contributed by atoms with E-state index >= 15 is 0 Å². The second-order valence-corrected chi connectivity index (χ2v) is 5.24. The first-order chi connectivity index (χ1) is 9.56. The van der Waals surface area contributed by atoms with Crippen LogP contribution in [-0.2, 0) is 16.0 Å². The Balaban J connectivity index is 1.71. The van der Waals surface area contributed by atoms with Crippen molar-refractivity contribution in [2.45, 2.75) is 19.3 Å². The Morgan fingerprint density at radius 3 is 2.85 bits per heavy atom. The first-order valence-electron chi connectivity index (χ1n) is 6.80. The number of hydrogen-bond acceptors (Lipinski definition) is 2. The molecule has 1 aromatic rings. The molecule has 0 aromatic heterocycles. The van der Waals surface area contributed by atoms with Gasteiger partial charge in [0.15, 0.2) is 0 Å². The molecule has 1 fully saturated rings. The summed E-state index contributed by atoms with van der Waals surface area (Å²) in [7, 11) is 1.77. The number of benzene rings is 1. The van der Waals surface area contributed by atoms with Crippen molar-refractivity contribution in [2.75, 3.05) is 20.1 Å². The van der Waals surface area contributed by atoms with Crippen LogP contribution in [0.5, 0.6) is 0 Å². The molecule has 4 nitrogen and oxygen atoms in total. The van der Waals surface area contributed by atoms with Crippen LogP contribution < -0.4 is 5.32 Å². The largest absolute Gasteiger partial charge is 0.356 e. The van der Waals surface area contributed by atoms with Crippen molar-refractivity contribution in [3.8, 4) is 0 Å². The van der Waals surface area contributed by atoms with Crippen molar-refractivity contribution in [1.29, 1.82) is 0 Å². The molecule has 2 amide bonds. The maximum absolute atomic E-state index is 13.4. The Morgan fingerprint density at radius 1 is 1.45 bits per heavy atom. The summed E-state index contributed by atoms with van der Waals surface area (Å²) in [5.74, 6) is -0.0703. The fourth-order valence-corrected chi connectivity index (χ4v) is 2.39. The van der Waals surface area contributed by atoms with Crippen LogP contribution in [0.15, 0.2) is 24.3 Å². The van der Waals surface area contributed by atoms with E-state index in [-0.39, 0.29) is 30.0 Å². The third kappa shape index (κ3) is 3.79. The molecule has 1 aliphatic rings. The number of halogens is 1. The van der Waals surface area contributed by atoms with E-state index in [0.29, 0.717) is 31.5 Å². The van der Waals surface area contributed by atoms with E-state index in [1.54, 1.807) is 30.1 Å². The molecule has 1 aliphatic heterocycles. The summed E-state index contributed by atoms with van der Waals surface area (Å²) < 4.78 is 13.4. The number of likely N-dealkylation sites (tertiary alicyclic amines) is 1. The molecule has 108 valence electrons. The van der Waals surface area contributed by atoms with Crippen molar-refractivity contribution >= 4 is 11.8 Å². The maximum atomic E-state index is 13.4. The molecule has 2 rings (SSSR count). The van der Waals surface area contributed by atoms with Crippen LogP contribution in [0.25, 0.3) is 0 Å². The monoisotopic (exact) mass is 278 g/mol. The molecule has 0 saturated carbocycles. The molecule has 0 spiro atoms. The van der Waals surface area contributed by atoms with E-state index < -0.39 is 0 Å².